The fourth-order valence-electron chi connectivity index (χ4n) is 3.55. The average molecular weight is 394 g/mol. The summed E-state index contributed by atoms with van der Waals surface area (Å²) >= 11 is 0. The highest BCUT2D eigenvalue weighted by molar-refractivity contribution is 5.98. The van der Waals surface area contributed by atoms with E-state index in [4.69, 9.17) is 0 Å². The lowest BCUT2D eigenvalue weighted by molar-refractivity contribution is -0.140. The molecular formula is C19H21F3N4O2. The minimum absolute atomic E-state index is 0.125. The minimum Gasteiger partial charge on any atom is -0.349 e. The highest BCUT2D eigenvalue weighted by atomic mass is 19.4. The second-order valence-electron chi connectivity index (χ2n) is 7.60. The van der Waals surface area contributed by atoms with Gasteiger partial charge in [0, 0.05) is 35.5 Å². The Morgan fingerprint density at radius 1 is 1.39 bits per heavy atom. The number of rotatable bonds is 3. The van der Waals surface area contributed by atoms with Crippen LogP contribution in [0.3, 0.4) is 0 Å². The van der Waals surface area contributed by atoms with Crippen molar-refractivity contribution in [3.8, 4) is 0 Å². The summed E-state index contributed by atoms with van der Waals surface area (Å²) in [5.41, 5.74) is -1.11. The highest BCUT2D eigenvalue weighted by Gasteiger charge is 2.38. The summed E-state index contributed by atoms with van der Waals surface area (Å²) in [6, 6.07) is 3.80. The maximum Gasteiger partial charge on any atom is 0.433 e. The number of H-pyrrole nitrogens is 1. The molecule has 0 radical (unpaired) electrons. The number of nitrogens with zero attached hydrogens (tertiary/aromatic N) is 2. The topological polar surface area (TPSA) is 78.1 Å². The molecule has 1 unspecified atom stereocenters. The summed E-state index contributed by atoms with van der Waals surface area (Å²) in [5, 5.41) is 8.37. The number of hydrogen-bond donors (Lipinski definition) is 2. The van der Waals surface area contributed by atoms with Crippen molar-refractivity contribution < 1.29 is 22.8 Å². The van der Waals surface area contributed by atoms with Crippen molar-refractivity contribution >= 4 is 22.7 Å². The predicted molar refractivity (Wildman–Crippen MR) is 97.5 cm³/mol. The largest absolute Gasteiger partial charge is 0.433 e. The molecule has 1 fully saturated rings. The fraction of sp³-hybridized carbons (Fsp3) is 0.421. The molecule has 1 atom stereocenters. The molecule has 2 aromatic rings. The summed E-state index contributed by atoms with van der Waals surface area (Å²) in [6.45, 7) is 8.27. The third-order valence-electron chi connectivity index (χ3n) is 5.12. The van der Waals surface area contributed by atoms with E-state index in [-0.39, 0.29) is 28.4 Å². The zero-order valence-electron chi connectivity index (χ0n) is 15.6. The van der Waals surface area contributed by atoms with Gasteiger partial charge in [0.05, 0.1) is 5.52 Å². The number of benzene rings is 1. The van der Waals surface area contributed by atoms with Crippen LogP contribution in [0.1, 0.15) is 36.3 Å². The van der Waals surface area contributed by atoms with Crippen LogP contribution in [-0.4, -0.2) is 46.0 Å². The number of fused-ring (bicyclic) bond motifs is 1. The SMILES string of the molecule is C=CC(=O)N1CCC(NC(=O)c2ccc3n[nH]c(C(F)(F)F)c3c2)C(C)(C)C1. The van der Waals surface area contributed by atoms with Gasteiger partial charge in [0.1, 0.15) is 5.69 Å². The van der Waals surface area contributed by atoms with Crippen LogP contribution >= 0.6 is 0 Å². The summed E-state index contributed by atoms with van der Waals surface area (Å²) in [6.07, 6.45) is -2.79. The van der Waals surface area contributed by atoms with E-state index in [1.165, 1.54) is 24.3 Å². The summed E-state index contributed by atoms with van der Waals surface area (Å²) < 4.78 is 39.2. The molecule has 0 saturated carbocycles. The van der Waals surface area contributed by atoms with E-state index in [0.717, 1.165) is 0 Å². The monoisotopic (exact) mass is 394 g/mol. The first-order valence-electron chi connectivity index (χ1n) is 8.80. The Balaban J connectivity index is 1.79. The number of aromatic amines is 1. The Kier molecular flexibility index (Phi) is 4.95. The number of carbonyl (C=O) groups excluding carboxylic acids is 2. The number of piperidine rings is 1. The third kappa shape index (κ3) is 3.74. The van der Waals surface area contributed by atoms with E-state index >= 15 is 0 Å². The third-order valence-corrected chi connectivity index (χ3v) is 5.12. The van der Waals surface area contributed by atoms with Gasteiger partial charge in [-0.25, -0.2) is 0 Å². The van der Waals surface area contributed by atoms with Crippen LogP contribution in [0.2, 0.25) is 0 Å². The molecular weight excluding hydrogens is 373 g/mol. The van der Waals surface area contributed by atoms with E-state index in [0.29, 0.717) is 19.5 Å². The van der Waals surface area contributed by atoms with Crippen molar-refractivity contribution in [2.24, 2.45) is 5.41 Å². The molecule has 0 bridgehead atoms. The van der Waals surface area contributed by atoms with Gasteiger partial charge in [-0.15, -0.1) is 0 Å². The Morgan fingerprint density at radius 3 is 2.71 bits per heavy atom. The van der Waals surface area contributed by atoms with Crippen molar-refractivity contribution in [1.82, 2.24) is 20.4 Å². The zero-order chi connectivity index (χ0) is 20.7. The number of halogens is 3. The second kappa shape index (κ2) is 6.96. The van der Waals surface area contributed by atoms with Gasteiger partial charge >= 0.3 is 6.18 Å². The number of hydrogen-bond acceptors (Lipinski definition) is 3. The molecule has 1 saturated heterocycles. The maximum atomic E-state index is 13.1. The molecule has 1 aromatic heterocycles. The van der Waals surface area contributed by atoms with Crippen molar-refractivity contribution in [2.45, 2.75) is 32.5 Å². The van der Waals surface area contributed by atoms with Crippen LogP contribution in [-0.2, 0) is 11.0 Å². The summed E-state index contributed by atoms with van der Waals surface area (Å²) in [5.74, 6) is -0.624. The van der Waals surface area contributed by atoms with Crippen LogP contribution in [0.25, 0.3) is 10.9 Å². The van der Waals surface area contributed by atoms with Crippen LogP contribution in [0, 0.1) is 5.41 Å². The smallest absolute Gasteiger partial charge is 0.349 e. The lowest BCUT2D eigenvalue weighted by Gasteiger charge is -2.44. The Hall–Kier alpha value is -2.84. The number of carbonyl (C=O) groups is 2. The van der Waals surface area contributed by atoms with Gasteiger partial charge in [-0.05, 0) is 30.7 Å². The first-order valence-corrected chi connectivity index (χ1v) is 8.80. The first kappa shape index (κ1) is 19.9. The van der Waals surface area contributed by atoms with Crippen LogP contribution < -0.4 is 5.32 Å². The number of nitrogens with one attached hydrogen (secondary N) is 2. The second-order valence-corrected chi connectivity index (χ2v) is 7.60. The van der Waals surface area contributed by atoms with Gasteiger partial charge < -0.3 is 10.2 Å². The Bertz CT molecular complexity index is 933. The molecule has 2 heterocycles. The molecule has 150 valence electrons. The van der Waals surface area contributed by atoms with E-state index < -0.39 is 23.2 Å². The number of amides is 2. The molecule has 0 spiro atoms. The quantitative estimate of drug-likeness (QED) is 0.786. The molecule has 6 nitrogen and oxygen atoms in total. The molecule has 1 aliphatic heterocycles. The van der Waals surface area contributed by atoms with E-state index in [9.17, 15) is 22.8 Å². The van der Waals surface area contributed by atoms with Crippen molar-refractivity contribution in [3.05, 3.63) is 42.1 Å². The van der Waals surface area contributed by atoms with Gasteiger partial charge in [0.25, 0.3) is 5.91 Å². The van der Waals surface area contributed by atoms with Crippen LogP contribution in [0.4, 0.5) is 13.2 Å². The molecule has 0 aliphatic carbocycles. The fourth-order valence-corrected chi connectivity index (χ4v) is 3.55. The lowest BCUT2D eigenvalue weighted by Crippen LogP contribution is -2.56. The molecule has 3 rings (SSSR count). The first-order chi connectivity index (χ1) is 13.0. The lowest BCUT2D eigenvalue weighted by atomic mass is 9.79. The summed E-state index contributed by atoms with van der Waals surface area (Å²) in [7, 11) is 0. The maximum absolute atomic E-state index is 13.1. The van der Waals surface area contributed by atoms with Gasteiger partial charge in [-0.1, -0.05) is 20.4 Å². The van der Waals surface area contributed by atoms with Gasteiger partial charge in [-0.3, -0.25) is 14.7 Å². The predicted octanol–water partition coefficient (Wildman–Crippen LogP) is 3.12. The number of likely N-dealkylation sites (tertiary alicyclic amines) is 1. The highest BCUT2D eigenvalue weighted by Crippen LogP contribution is 2.34. The molecule has 2 N–H and O–H groups in total. The van der Waals surface area contributed by atoms with E-state index in [2.05, 4.69) is 17.0 Å². The molecule has 2 amide bonds. The van der Waals surface area contributed by atoms with Gasteiger partial charge in [0.15, 0.2) is 0 Å². The van der Waals surface area contributed by atoms with E-state index in [1.807, 2.05) is 18.9 Å². The molecule has 9 heteroatoms. The summed E-state index contributed by atoms with van der Waals surface area (Å²) in [4.78, 5) is 26.2. The zero-order valence-corrected chi connectivity index (χ0v) is 15.6. The van der Waals surface area contributed by atoms with Crippen molar-refractivity contribution in [3.63, 3.8) is 0 Å². The van der Waals surface area contributed by atoms with E-state index in [1.54, 1.807) is 4.90 Å². The Morgan fingerprint density at radius 2 is 2.11 bits per heavy atom. The standard InChI is InChI=1S/C19H21F3N4O2/c1-4-15(27)26-8-7-14(18(2,3)10-26)23-17(28)11-5-6-13-12(9-11)16(25-24-13)19(20,21)22/h4-6,9,14H,1,7-8,10H2,2-3H3,(H,23,28)(H,24,25). The van der Waals surface area contributed by atoms with Crippen LogP contribution in [0.5, 0.6) is 0 Å². The number of alkyl halides is 3. The van der Waals surface area contributed by atoms with Crippen molar-refractivity contribution in [1.29, 1.82) is 0 Å². The molecule has 1 aromatic carbocycles. The number of aromatic nitrogens is 2. The Labute approximate surface area is 159 Å². The molecule has 1 aliphatic rings. The van der Waals surface area contributed by atoms with Crippen LogP contribution in [0.15, 0.2) is 30.9 Å². The normalized spacial score (nSPS) is 19.5. The van der Waals surface area contributed by atoms with Crippen molar-refractivity contribution in [2.75, 3.05) is 13.1 Å². The molecule has 28 heavy (non-hydrogen) atoms. The average Bonchev–Trinajstić information content (AvgIpc) is 3.05. The van der Waals surface area contributed by atoms with Gasteiger partial charge in [0.2, 0.25) is 5.91 Å². The van der Waals surface area contributed by atoms with Gasteiger partial charge in [-0.2, -0.15) is 18.3 Å². The minimum atomic E-state index is -4.59.